The van der Waals surface area contributed by atoms with E-state index in [-0.39, 0.29) is 23.5 Å². The number of hydrogen-bond donors (Lipinski definition) is 3. The van der Waals surface area contributed by atoms with Crippen LogP contribution in [0.25, 0.3) is 0 Å². The zero-order chi connectivity index (χ0) is 13.3. The first-order valence-corrected chi connectivity index (χ1v) is 6.29. The van der Waals surface area contributed by atoms with E-state index in [1.807, 2.05) is 31.2 Å². The van der Waals surface area contributed by atoms with E-state index >= 15 is 0 Å². The summed E-state index contributed by atoms with van der Waals surface area (Å²) in [6, 6.07) is 7.90. The predicted molar refractivity (Wildman–Crippen MR) is 73.5 cm³/mol. The summed E-state index contributed by atoms with van der Waals surface area (Å²) in [4.78, 5) is 11.9. The number of nitrogens with one attached hydrogen (secondary N) is 2. The number of carbonyl (C=O) groups is 1. The Bertz CT molecular complexity index is 456. The van der Waals surface area contributed by atoms with E-state index in [4.69, 9.17) is 5.73 Å². The third-order valence-electron chi connectivity index (χ3n) is 3.92. The van der Waals surface area contributed by atoms with Crippen LogP contribution in [-0.2, 0) is 0 Å². The third-order valence-corrected chi connectivity index (χ3v) is 3.92. The highest BCUT2D eigenvalue weighted by Gasteiger charge is 2.46. The quantitative estimate of drug-likeness (QED) is 0.750. The van der Waals surface area contributed by atoms with Crippen molar-refractivity contribution < 1.29 is 4.79 Å². The van der Waals surface area contributed by atoms with Gasteiger partial charge < -0.3 is 16.4 Å². The first kappa shape index (κ1) is 12.9. The van der Waals surface area contributed by atoms with Crippen molar-refractivity contribution in [1.82, 2.24) is 5.32 Å². The van der Waals surface area contributed by atoms with Gasteiger partial charge in [-0.25, -0.2) is 4.79 Å². The second-order valence-corrected chi connectivity index (χ2v) is 5.68. The molecule has 4 heteroatoms. The molecule has 1 aromatic carbocycles. The van der Waals surface area contributed by atoms with Crippen LogP contribution in [0.3, 0.4) is 0 Å². The fraction of sp³-hybridized carbons (Fsp3) is 0.500. The van der Waals surface area contributed by atoms with Crippen LogP contribution in [0.15, 0.2) is 24.3 Å². The summed E-state index contributed by atoms with van der Waals surface area (Å²) in [5, 5.41) is 5.82. The minimum atomic E-state index is -0.162. The van der Waals surface area contributed by atoms with Crippen molar-refractivity contribution in [3.05, 3.63) is 29.8 Å². The highest BCUT2D eigenvalue weighted by molar-refractivity contribution is 5.89. The monoisotopic (exact) mass is 247 g/mol. The predicted octanol–water partition coefficient (Wildman–Crippen LogP) is 2.24. The Morgan fingerprint density at radius 3 is 2.72 bits per heavy atom. The molecule has 0 saturated heterocycles. The average molecular weight is 247 g/mol. The normalized spacial score (nSPS) is 25.1. The van der Waals surface area contributed by atoms with Gasteiger partial charge in [-0.3, -0.25) is 0 Å². The van der Waals surface area contributed by atoms with Gasteiger partial charge in [0.1, 0.15) is 0 Å². The summed E-state index contributed by atoms with van der Waals surface area (Å²) in [5.74, 6) is 0. The van der Waals surface area contributed by atoms with Crippen molar-refractivity contribution >= 4 is 11.7 Å². The Kier molecular flexibility index (Phi) is 3.30. The molecule has 2 rings (SSSR count). The Morgan fingerprint density at radius 1 is 1.44 bits per heavy atom. The van der Waals surface area contributed by atoms with Crippen LogP contribution in [-0.4, -0.2) is 18.1 Å². The second kappa shape index (κ2) is 4.61. The summed E-state index contributed by atoms with van der Waals surface area (Å²) in [5.41, 5.74) is 7.84. The topological polar surface area (TPSA) is 67.2 Å². The number of hydrogen-bond acceptors (Lipinski definition) is 2. The Balaban J connectivity index is 1.90. The van der Waals surface area contributed by atoms with Crippen LogP contribution >= 0.6 is 0 Å². The first-order chi connectivity index (χ1) is 8.39. The number of urea groups is 1. The largest absolute Gasteiger partial charge is 0.334 e. The van der Waals surface area contributed by atoms with E-state index in [2.05, 4.69) is 24.5 Å². The maximum atomic E-state index is 11.9. The van der Waals surface area contributed by atoms with Gasteiger partial charge in [0.15, 0.2) is 0 Å². The lowest BCUT2D eigenvalue weighted by molar-refractivity contribution is 0.0815. The zero-order valence-electron chi connectivity index (χ0n) is 11.2. The molecule has 2 atom stereocenters. The van der Waals surface area contributed by atoms with Gasteiger partial charge in [-0.1, -0.05) is 26.0 Å². The molecular formula is C14H21N3O. The SMILES string of the molecule is Cc1cccc(NC(=O)NC2CC(N)C2(C)C)c1. The zero-order valence-corrected chi connectivity index (χ0v) is 11.2. The number of rotatable bonds is 2. The smallest absolute Gasteiger partial charge is 0.319 e. The van der Waals surface area contributed by atoms with Crippen molar-refractivity contribution in [3.63, 3.8) is 0 Å². The molecule has 98 valence electrons. The van der Waals surface area contributed by atoms with E-state index in [1.54, 1.807) is 0 Å². The molecule has 0 heterocycles. The van der Waals surface area contributed by atoms with Crippen LogP contribution in [0.4, 0.5) is 10.5 Å². The molecule has 18 heavy (non-hydrogen) atoms. The van der Waals surface area contributed by atoms with Crippen LogP contribution in [0.5, 0.6) is 0 Å². The number of nitrogens with two attached hydrogens (primary N) is 1. The summed E-state index contributed by atoms with van der Waals surface area (Å²) in [7, 11) is 0. The van der Waals surface area contributed by atoms with E-state index < -0.39 is 0 Å². The summed E-state index contributed by atoms with van der Waals surface area (Å²) < 4.78 is 0. The van der Waals surface area contributed by atoms with Gasteiger partial charge in [0.05, 0.1) is 0 Å². The summed E-state index contributed by atoms with van der Waals surface area (Å²) in [6.45, 7) is 6.16. The van der Waals surface area contributed by atoms with E-state index in [1.165, 1.54) is 0 Å². The number of aryl methyl sites for hydroxylation is 1. The number of amides is 2. The molecule has 1 aliphatic carbocycles. The number of benzene rings is 1. The lowest BCUT2D eigenvalue weighted by Gasteiger charge is -2.50. The van der Waals surface area contributed by atoms with Gasteiger partial charge in [-0.15, -0.1) is 0 Å². The van der Waals surface area contributed by atoms with Crippen molar-refractivity contribution in [2.75, 3.05) is 5.32 Å². The molecule has 2 amide bonds. The highest BCUT2D eigenvalue weighted by Crippen LogP contribution is 2.38. The van der Waals surface area contributed by atoms with Crippen LogP contribution in [0, 0.1) is 12.3 Å². The standard InChI is InChI=1S/C14H21N3O/c1-9-5-4-6-10(7-9)16-13(18)17-12-8-11(15)14(12,2)3/h4-7,11-12H,8,15H2,1-3H3,(H2,16,17,18). The molecule has 1 fully saturated rings. The maximum Gasteiger partial charge on any atom is 0.319 e. The van der Waals surface area contributed by atoms with Gasteiger partial charge in [-0.2, -0.15) is 0 Å². The third kappa shape index (κ3) is 2.48. The van der Waals surface area contributed by atoms with Crippen molar-refractivity contribution in [2.24, 2.45) is 11.1 Å². The van der Waals surface area contributed by atoms with E-state index in [9.17, 15) is 4.79 Å². The average Bonchev–Trinajstić information content (AvgIpc) is 2.28. The minimum absolute atomic E-state index is 0.0239. The molecular weight excluding hydrogens is 226 g/mol. The maximum absolute atomic E-state index is 11.9. The molecule has 1 aromatic rings. The Hall–Kier alpha value is -1.55. The molecule has 1 aliphatic rings. The Labute approximate surface area is 108 Å². The second-order valence-electron chi connectivity index (χ2n) is 5.68. The van der Waals surface area contributed by atoms with Crippen LogP contribution in [0.1, 0.15) is 25.8 Å². The fourth-order valence-corrected chi connectivity index (χ4v) is 2.25. The van der Waals surface area contributed by atoms with Crippen molar-refractivity contribution in [3.8, 4) is 0 Å². The molecule has 2 unspecified atom stereocenters. The lowest BCUT2D eigenvalue weighted by atomic mass is 9.63. The van der Waals surface area contributed by atoms with Crippen LogP contribution in [0.2, 0.25) is 0 Å². The van der Waals surface area contributed by atoms with E-state index in [0.29, 0.717) is 0 Å². The van der Waals surface area contributed by atoms with Gasteiger partial charge in [0.2, 0.25) is 0 Å². The number of anilines is 1. The molecule has 0 bridgehead atoms. The molecule has 0 radical (unpaired) electrons. The fourth-order valence-electron chi connectivity index (χ4n) is 2.25. The van der Waals surface area contributed by atoms with Gasteiger partial charge >= 0.3 is 6.03 Å². The number of carbonyl (C=O) groups excluding carboxylic acids is 1. The van der Waals surface area contributed by atoms with Crippen molar-refractivity contribution in [1.29, 1.82) is 0 Å². The molecule has 0 spiro atoms. The Morgan fingerprint density at radius 2 is 2.17 bits per heavy atom. The highest BCUT2D eigenvalue weighted by atomic mass is 16.2. The molecule has 0 aromatic heterocycles. The van der Waals surface area contributed by atoms with Gasteiger partial charge in [0.25, 0.3) is 0 Å². The molecule has 4 N–H and O–H groups in total. The summed E-state index contributed by atoms with van der Waals surface area (Å²) in [6.07, 6.45) is 0.842. The van der Waals surface area contributed by atoms with Gasteiger partial charge in [0, 0.05) is 23.2 Å². The minimum Gasteiger partial charge on any atom is -0.334 e. The lowest BCUT2D eigenvalue weighted by Crippen LogP contribution is -2.64. The van der Waals surface area contributed by atoms with Crippen molar-refractivity contribution in [2.45, 2.75) is 39.3 Å². The summed E-state index contributed by atoms with van der Waals surface area (Å²) >= 11 is 0. The molecule has 0 aliphatic heterocycles. The molecule has 4 nitrogen and oxygen atoms in total. The van der Waals surface area contributed by atoms with Crippen LogP contribution < -0.4 is 16.4 Å². The van der Waals surface area contributed by atoms with E-state index in [0.717, 1.165) is 17.7 Å². The molecule has 1 saturated carbocycles. The van der Waals surface area contributed by atoms with Gasteiger partial charge in [-0.05, 0) is 31.0 Å². The first-order valence-electron chi connectivity index (χ1n) is 6.29.